The van der Waals surface area contributed by atoms with Crippen LogP contribution in [0.25, 0.3) is 22.3 Å². The number of nitrogens with one attached hydrogen (secondary N) is 2. The van der Waals surface area contributed by atoms with Crippen LogP contribution in [0.2, 0.25) is 0 Å². The molecule has 1 unspecified atom stereocenters. The van der Waals surface area contributed by atoms with E-state index in [9.17, 15) is 19.2 Å². The van der Waals surface area contributed by atoms with Crippen molar-refractivity contribution in [1.82, 2.24) is 39.5 Å². The number of benzene rings is 1. The first kappa shape index (κ1) is 49.7. The van der Waals surface area contributed by atoms with Gasteiger partial charge in [-0.2, -0.15) is 0 Å². The molecule has 4 aromatic rings. The molecule has 3 aliphatic carbocycles. The van der Waals surface area contributed by atoms with Gasteiger partial charge < -0.3 is 34.4 Å². The van der Waals surface area contributed by atoms with Gasteiger partial charge in [0.05, 0.1) is 28.9 Å². The van der Waals surface area contributed by atoms with E-state index in [4.69, 9.17) is 9.97 Å². The summed E-state index contributed by atoms with van der Waals surface area (Å²) in [6.45, 7) is 11.0. The zero-order valence-corrected chi connectivity index (χ0v) is 44.8. The Bertz CT molecular complexity index is 2890. The summed E-state index contributed by atoms with van der Waals surface area (Å²) in [5.74, 6) is 1.71. The lowest BCUT2D eigenvalue weighted by atomic mass is 9.65. The van der Waals surface area contributed by atoms with E-state index in [1.54, 1.807) is 6.20 Å². The first-order valence-corrected chi connectivity index (χ1v) is 29.4. The van der Waals surface area contributed by atoms with Crippen molar-refractivity contribution in [2.24, 2.45) is 17.3 Å². The number of anilines is 3. The van der Waals surface area contributed by atoms with Gasteiger partial charge in [-0.25, -0.2) is 15.0 Å². The van der Waals surface area contributed by atoms with Crippen molar-refractivity contribution >= 4 is 57.9 Å². The Morgan fingerprint density at radius 3 is 2.08 bits per heavy atom. The third-order valence-corrected chi connectivity index (χ3v) is 20.1. The van der Waals surface area contributed by atoms with Gasteiger partial charge in [0.25, 0.3) is 0 Å². The van der Waals surface area contributed by atoms with Crippen molar-refractivity contribution in [1.29, 1.82) is 0 Å². The van der Waals surface area contributed by atoms with Crippen molar-refractivity contribution in [2.75, 3.05) is 67.5 Å². The van der Waals surface area contributed by atoms with Crippen LogP contribution in [0.3, 0.4) is 0 Å². The summed E-state index contributed by atoms with van der Waals surface area (Å²) in [7, 11) is 0. The molecule has 0 bridgehead atoms. The Morgan fingerprint density at radius 1 is 0.724 bits per heavy atom. The molecular weight excluding hydrogens is 955 g/mol. The van der Waals surface area contributed by atoms with E-state index in [0.717, 1.165) is 167 Å². The topological polar surface area (TPSA) is 169 Å². The molecule has 9 aliphatic rings. The minimum absolute atomic E-state index is 0.00985. The SMILES string of the molecule is CC(C)n1cnc2cc(-c3ccc4c(c3)N(C3CC(N5CCCCC5)C3)C(=O)C43CCN(C(=O)C4CCC5(CC4)CCN(C(=O)C4CCN(c6ccc(C7CCC(=O)NC7=O)cn6)CC4)CC5)CC3)nc(NC3CC3)c21. The highest BCUT2D eigenvalue weighted by atomic mass is 16.2. The van der Waals surface area contributed by atoms with Gasteiger partial charge in [-0.3, -0.25) is 29.3 Å². The molecule has 1 atom stereocenters. The summed E-state index contributed by atoms with van der Waals surface area (Å²) in [6.07, 6.45) is 21.4. The van der Waals surface area contributed by atoms with Crippen molar-refractivity contribution in [3.8, 4) is 11.3 Å². The maximum atomic E-state index is 15.3. The van der Waals surface area contributed by atoms with Gasteiger partial charge in [0.15, 0.2) is 5.82 Å². The molecule has 5 amide bonds. The quantitative estimate of drug-likeness (QED) is 0.147. The number of rotatable bonds is 10. The van der Waals surface area contributed by atoms with Gasteiger partial charge in [-0.15, -0.1) is 0 Å². The average molecular weight is 1030 g/mol. The average Bonchev–Trinajstić information content (AvgIpc) is 4.31. The molecule has 3 aromatic heterocycles. The number of hydrogen-bond acceptors (Lipinski definition) is 11. The molecule has 6 aliphatic heterocycles. The maximum absolute atomic E-state index is 15.3. The van der Waals surface area contributed by atoms with Crippen LogP contribution in [0.4, 0.5) is 17.3 Å². The maximum Gasteiger partial charge on any atom is 0.238 e. The molecule has 8 fully saturated rings. The standard InChI is InChI=1S/C60H77N11O5/c1-38(2)70-37-62-49-35-48(64-54(53(49)70)63-43-8-9-43)41-6-11-47-50(32-41)71(45-33-44(34-45)66-24-4-3-5-25-66)58(76)60(47)22-30-69(31-23-60)56(74)39-14-18-59(19-15-39)20-28-68(29-21-59)57(75)40-16-26-67(27-17-40)51-12-7-42(36-61-51)46-10-13-52(72)65-55(46)73/h6-7,11-12,32,35-40,43-46H,3-5,8-10,13-31,33-34H2,1-2H3,(H,63,64)(H,65,72,73). The molecule has 0 radical (unpaired) electrons. The Labute approximate surface area is 447 Å². The summed E-state index contributed by atoms with van der Waals surface area (Å²) in [6, 6.07) is 14.1. The lowest BCUT2D eigenvalue weighted by molar-refractivity contribution is -0.142. The smallest absolute Gasteiger partial charge is 0.238 e. The highest BCUT2D eigenvalue weighted by molar-refractivity contribution is 6.09. The van der Waals surface area contributed by atoms with Crippen molar-refractivity contribution in [3.05, 3.63) is 60.0 Å². The lowest BCUT2D eigenvalue weighted by Crippen LogP contribution is -2.58. The van der Waals surface area contributed by atoms with E-state index in [-0.39, 0.29) is 64.8 Å². The van der Waals surface area contributed by atoms with Crippen molar-refractivity contribution in [2.45, 2.75) is 171 Å². The Kier molecular flexibility index (Phi) is 13.0. The second-order valence-electron chi connectivity index (χ2n) is 24.9. The second-order valence-corrected chi connectivity index (χ2v) is 24.9. The fourth-order valence-corrected chi connectivity index (χ4v) is 15.0. The van der Waals surface area contributed by atoms with Crippen molar-refractivity contribution in [3.63, 3.8) is 0 Å². The normalized spacial score (nSPS) is 26.4. The molecule has 9 heterocycles. The Morgan fingerprint density at radius 2 is 1.42 bits per heavy atom. The van der Waals surface area contributed by atoms with Crippen LogP contribution in [0.5, 0.6) is 0 Å². The molecule has 5 saturated heterocycles. The van der Waals surface area contributed by atoms with Gasteiger partial charge in [0.2, 0.25) is 29.5 Å². The van der Waals surface area contributed by atoms with Gasteiger partial charge in [0, 0.05) is 99.1 Å². The summed E-state index contributed by atoms with van der Waals surface area (Å²) in [4.78, 5) is 93.8. The zero-order chi connectivity index (χ0) is 51.9. The third-order valence-electron chi connectivity index (χ3n) is 20.1. The summed E-state index contributed by atoms with van der Waals surface area (Å²) in [5.41, 5.74) is 6.39. The largest absolute Gasteiger partial charge is 0.366 e. The number of carbonyl (C=O) groups is 5. The highest BCUT2D eigenvalue weighted by Crippen LogP contribution is 2.53. The number of carbonyl (C=O) groups excluding carboxylic acids is 5. The number of amides is 5. The van der Waals surface area contributed by atoms with E-state index in [1.165, 1.54) is 19.3 Å². The molecule has 2 N–H and O–H groups in total. The highest BCUT2D eigenvalue weighted by Gasteiger charge is 2.56. The molecule has 1 aromatic carbocycles. The van der Waals surface area contributed by atoms with E-state index < -0.39 is 5.41 Å². The van der Waals surface area contributed by atoms with E-state index in [0.29, 0.717) is 50.9 Å². The summed E-state index contributed by atoms with van der Waals surface area (Å²) >= 11 is 0. The lowest BCUT2D eigenvalue weighted by Gasteiger charge is -2.48. The third kappa shape index (κ3) is 9.05. The van der Waals surface area contributed by atoms with Crippen LogP contribution >= 0.6 is 0 Å². The number of imidazole rings is 1. The number of hydrogen-bond donors (Lipinski definition) is 2. The number of likely N-dealkylation sites (tertiary alicyclic amines) is 3. The second kappa shape index (κ2) is 19.8. The number of piperidine rings is 5. The molecule has 402 valence electrons. The molecule has 2 spiro atoms. The van der Waals surface area contributed by atoms with Gasteiger partial charge >= 0.3 is 0 Å². The van der Waals surface area contributed by atoms with E-state index in [2.05, 4.69) is 82.8 Å². The number of imide groups is 1. The fraction of sp³-hybridized carbons (Fsp3) is 0.633. The molecule has 3 saturated carbocycles. The summed E-state index contributed by atoms with van der Waals surface area (Å²) < 4.78 is 2.21. The minimum atomic E-state index is -0.642. The Hall–Kier alpha value is -5.90. The summed E-state index contributed by atoms with van der Waals surface area (Å²) in [5, 5.41) is 6.16. The predicted octanol–water partition coefficient (Wildman–Crippen LogP) is 8.11. The zero-order valence-electron chi connectivity index (χ0n) is 44.8. The van der Waals surface area contributed by atoms with E-state index >= 15 is 4.79 Å². The van der Waals surface area contributed by atoms with Crippen LogP contribution in [-0.2, 0) is 29.4 Å². The molecule has 16 heteroatoms. The van der Waals surface area contributed by atoms with Crippen LogP contribution in [0.15, 0.2) is 48.9 Å². The first-order valence-electron chi connectivity index (χ1n) is 29.4. The predicted molar refractivity (Wildman–Crippen MR) is 292 cm³/mol. The fourth-order valence-electron chi connectivity index (χ4n) is 15.0. The monoisotopic (exact) mass is 1030 g/mol. The molecule has 16 nitrogen and oxygen atoms in total. The van der Waals surface area contributed by atoms with Crippen LogP contribution < -0.4 is 20.4 Å². The molecule has 76 heavy (non-hydrogen) atoms. The number of nitrogens with zero attached hydrogens (tertiary/aromatic N) is 9. The molecule has 13 rings (SSSR count). The first-order chi connectivity index (χ1) is 36.9. The van der Waals surface area contributed by atoms with Crippen LogP contribution in [-0.4, -0.2) is 134 Å². The number of pyridine rings is 2. The van der Waals surface area contributed by atoms with Gasteiger partial charge in [-0.1, -0.05) is 24.6 Å². The number of aromatic nitrogens is 4. The Balaban J connectivity index is 0.631. The minimum Gasteiger partial charge on any atom is -0.366 e. The van der Waals surface area contributed by atoms with Crippen LogP contribution in [0.1, 0.15) is 159 Å². The van der Waals surface area contributed by atoms with E-state index in [1.807, 2.05) is 18.5 Å². The number of fused-ring (bicyclic) bond motifs is 3. The van der Waals surface area contributed by atoms with Gasteiger partial charge in [0.1, 0.15) is 11.3 Å². The van der Waals surface area contributed by atoms with Crippen LogP contribution in [0, 0.1) is 17.3 Å². The molecular formula is C60H77N11O5. The van der Waals surface area contributed by atoms with Crippen molar-refractivity contribution < 1.29 is 24.0 Å². The van der Waals surface area contributed by atoms with Gasteiger partial charge in [-0.05, 0) is 171 Å².